The Morgan fingerprint density at radius 2 is 1.77 bits per heavy atom. The molecule has 5 atom stereocenters. The number of carboxylic acids is 1. The first-order valence-corrected chi connectivity index (χ1v) is 11.2. The van der Waals surface area contributed by atoms with E-state index in [1.54, 1.807) is 6.20 Å². The van der Waals surface area contributed by atoms with Crippen molar-refractivity contribution >= 4 is 23.7 Å². The van der Waals surface area contributed by atoms with Gasteiger partial charge in [-0.2, -0.15) is 0 Å². The number of aliphatic carboxylic acids is 1. The number of aliphatic hydroxyl groups is 1. The van der Waals surface area contributed by atoms with Crippen molar-refractivity contribution in [2.45, 2.75) is 62.9 Å². The second-order valence-electron chi connectivity index (χ2n) is 8.48. The fourth-order valence-electron chi connectivity index (χ4n) is 3.97. The van der Waals surface area contributed by atoms with Gasteiger partial charge in [-0.05, 0) is 19.8 Å². The first kappa shape index (κ1) is 25.8. The summed E-state index contributed by atoms with van der Waals surface area (Å²) in [5.74, 6) is -3.17. The van der Waals surface area contributed by atoms with E-state index in [0.29, 0.717) is 30.8 Å². The molecule has 0 spiro atoms. The Hall–Kier alpha value is -3.78. The van der Waals surface area contributed by atoms with E-state index < -0.39 is 54.0 Å². The third-order valence-corrected chi connectivity index (χ3v) is 5.81. The summed E-state index contributed by atoms with van der Waals surface area (Å²) >= 11 is 0. The second kappa shape index (κ2) is 11.6. The third-order valence-electron chi connectivity index (χ3n) is 5.81. The number of likely N-dealkylation sites (tertiary alicyclic amines) is 1. The number of nitrogens with two attached hydrogens (primary N) is 1. The predicted octanol–water partition coefficient (Wildman–Crippen LogP) is -2.33. The van der Waals surface area contributed by atoms with Crippen LogP contribution < -0.4 is 16.4 Å². The van der Waals surface area contributed by atoms with Crippen molar-refractivity contribution < 1.29 is 29.4 Å². The molecule has 14 nitrogen and oxygen atoms in total. The number of hydrogen-bond acceptors (Lipinski definition) is 8. The molecular formula is C21H30N8O6. The predicted molar refractivity (Wildman–Crippen MR) is 120 cm³/mol. The lowest BCUT2D eigenvalue weighted by Gasteiger charge is -2.28. The van der Waals surface area contributed by atoms with Crippen molar-refractivity contribution in [3.05, 3.63) is 36.4 Å². The van der Waals surface area contributed by atoms with Crippen molar-refractivity contribution in [3.8, 4) is 0 Å². The van der Waals surface area contributed by atoms with E-state index in [1.807, 2.05) is 0 Å². The number of hydrogen-bond donors (Lipinski definition) is 7. The van der Waals surface area contributed by atoms with Gasteiger partial charge in [0.2, 0.25) is 17.7 Å². The number of aromatic nitrogens is 4. The number of aliphatic hydroxyl groups excluding tert-OH is 1. The van der Waals surface area contributed by atoms with Crippen molar-refractivity contribution in [1.29, 1.82) is 0 Å². The number of nitrogens with zero attached hydrogens (tertiary/aromatic N) is 3. The molecule has 5 unspecified atom stereocenters. The molecule has 8 N–H and O–H groups in total. The van der Waals surface area contributed by atoms with E-state index in [-0.39, 0.29) is 12.8 Å². The van der Waals surface area contributed by atoms with Gasteiger partial charge in [0, 0.05) is 43.2 Å². The fourth-order valence-corrected chi connectivity index (χ4v) is 3.97. The third kappa shape index (κ3) is 6.64. The number of nitrogens with one attached hydrogen (secondary N) is 4. The van der Waals surface area contributed by atoms with Gasteiger partial charge >= 0.3 is 5.97 Å². The first-order valence-electron chi connectivity index (χ1n) is 11.2. The van der Waals surface area contributed by atoms with Gasteiger partial charge in [0.1, 0.15) is 12.1 Å². The molecule has 0 radical (unpaired) electrons. The monoisotopic (exact) mass is 490 g/mol. The standard InChI is InChI=1S/C21H30N8O6/c1-11(30)17(21(34)35)28-18(31)15(6-13-8-24-10-26-13)27-19(32)16-3-2-4-29(16)20(33)14(22)5-12-7-23-9-25-12/h7-11,14-17,30H,2-6,22H2,1H3,(H,23,25)(H,24,26)(H,27,32)(H,28,31)(H,34,35). The SMILES string of the molecule is CC(O)C(NC(=O)C(Cc1cnc[nH]1)NC(=O)C1CCCN1C(=O)C(N)Cc1cnc[nH]1)C(=O)O. The van der Waals surface area contributed by atoms with Crippen LogP contribution in [0, 0.1) is 0 Å². The zero-order chi connectivity index (χ0) is 25.5. The van der Waals surface area contributed by atoms with Crippen LogP contribution in [0.5, 0.6) is 0 Å². The van der Waals surface area contributed by atoms with Crippen LogP contribution >= 0.6 is 0 Å². The van der Waals surface area contributed by atoms with Crippen LogP contribution in [0.4, 0.5) is 0 Å². The normalized spacial score (nSPS) is 18.9. The number of carbonyl (C=O) groups is 4. The Morgan fingerprint density at radius 3 is 2.31 bits per heavy atom. The lowest BCUT2D eigenvalue weighted by Crippen LogP contribution is -2.58. The van der Waals surface area contributed by atoms with Gasteiger partial charge in [-0.15, -0.1) is 0 Å². The molecule has 2 aromatic heterocycles. The summed E-state index contributed by atoms with van der Waals surface area (Å²) in [5, 5.41) is 23.9. The van der Waals surface area contributed by atoms with Gasteiger partial charge in [-0.3, -0.25) is 14.4 Å². The topological polar surface area (TPSA) is 219 Å². The number of imidazole rings is 2. The van der Waals surface area contributed by atoms with Crippen molar-refractivity contribution in [2.75, 3.05) is 6.54 Å². The molecule has 1 aliphatic heterocycles. The maximum absolute atomic E-state index is 13.2. The number of rotatable bonds is 11. The van der Waals surface area contributed by atoms with Crippen LogP contribution in [0.2, 0.25) is 0 Å². The van der Waals surface area contributed by atoms with Crippen molar-refractivity contribution in [3.63, 3.8) is 0 Å². The van der Waals surface area contributed by atoms with Gasteiger partial charge in [-0.1, -0.05) is 0 Å². The second-order valence-corrected chi connectivity index (χ2v) is 8.48. The van der Waals surface area contributed by atoms with Gasteiger partial charge in [0.25, 0.3) is 0 Å². The van der Waals surface area contributed by atoms with E-state index in [9.17, 15) is 29.4 Å². The summed E-state index contributed by atoms with van der Waals surface area (Å²) in [6.07, 6.45) is 5.75. The molecular weight excluding hydrogens is 460 g/mol. The molecule has 3 amide bonds. The Labute approximate surface area is 200 Å². The van der Waals surface area contributed by atoms with E-state index in [1.165, 1.54) is 30.7 Å². The maximum Gasteiger partial charge on any atom is 0.328 e. The highest BCUT2D eigenvalue weighted by atomic mass is 16.4. The zero-order valence-electron chi connectivity index (χ0n) is 19.2. The van der Waals surface area contributed by atoms with Crippen LogP contribution in [0.15, 0.2) is 25.0 Å². The van der Waals surface area contributed by atoms with E-state index in [0.717, 1.165) is 0 Å². The molecule has 1 aliphatic rings. The lowest BCUT2D eigenvalue weighted by atomic mass is 10.1. The number of carboxylic acid groups (broad SMARTS) is 1. The Kier molecular flexibility index (Phi) is 8.54. The zero-order valence-corrected chi connectivity index (χ0v) is 19.2. The van der Waals surface area contributed by atoms with Gasteiger partial charge in [0.05, 0.1) is 24.8 Å². The average Bonchev–Trinajstić information content (AvgIpc) is 3.58. The highest BCUT2D eigenvalue weighted by molar-refractivity contribution is 5.94. The molecule has 1 saturated heterocycles. The summed E-state index contributed by atoms with van der Waals surface area (Å²) in [6.45, 7) is 1.57. The summed E-state index contributed by atoms with van der Waals surface area (Å²) < 4.78 is 0. The fraction of sp³-hybridized carbons (Fsp3) is 0.524. The highest BCUT2D eigenvalue weighted by Gasteiger charge is 2.38. The van der Waals surface area contributed by atoms with Crippen LogP contribution in [-0.4, -0.2) is 95.6 Å². The van der Waals surface area contributed by atoms with Crippen LogP contribution in [0.1, 0.15) is 31.2 Å². The minimum atomic E-state index is -1.56. The largest absolute Gasteiger partial charge is 0.480 e. The van der Waals surface area contributed by atoms with Crippen LogP contribution in [0.25, 0.3) is 0 Å². The lowest BCUT2D eigenvalue weighted by molar-refractivity contribution is -0.145. The molecule has 14 heteroatoms. The Morgan fingerprint density at radius 1 is 1.14 bits per heavy atom. The average molecular weight is 491 g/mol. The van der Waals surface area contributed by atoms with E-state index >= 15 is 0 Å². The maximum atomic E-state index is 13.2. The Balaban J connectivity index is 1.70. The van der Waals surface area contributed by atoms with Gasteiger partial charge in [-0.25, -0.2) is 14.8 Å². The minimum absolute atomic E-state index is 0.0102. The number of amides is 3. The molecule has 3 rings (SSSR count). The van der Waals surface area contributed by atoms with Gasteiger partial charge < -0.3 is 41.4 Å². The summed E-state index contributed by atoms with van der Waals surface area (Å²) in [7, 11) is 0. The van der Waals surface area contributed by atoms with Crippen molar-refractivity contribution in [1.82, 2.24) is 35.5 Å². The van der Waals surface area contributed by atoms with Crippen LogP contribution in [-0.2, 0) is 32.0 Å². The molecule has 2 aromatic rings. The number of H-pyrrole nitrogens is 2. The van der Waals surface area contributed by atoms with E-state index in [4.69, 9.17) is 5.73 Å². The highest BCUT2D eigenvalue weighted by Crippen LogP contribution is 2.19. The first-order chi connectivity index (χ1) is 16.7. The summed E-state index contributed by atoms with van der Waals surface area (Å²) in [5.41, 5.74) is 7.29. The van der Waals surface area contributed by atoms with Crippen molar-refractivity contribution in [2.24, 2.45) is 5.73 Å². The molecule has 0 bridgehead atoms. The molecule has 0 aromatic carbocycles. The molecule has 1 fully saturated rings. The molecule has 35 heavy (non-hydrogen) atoms. The van der Waals surface area contributed by atoms with E-state index in [2.05, 4.69) is 30.6 Å². The number of carbonyl (C=O) groups excluding carboxylic acids is 3. The smallest absolute Gasteiger partial charge is 0.328 e. The Bertz CT molecular complexity index is 1010. The molecule has 190 valence electrons. The molecule has 0 saturated carbocycles. The molecule has 3 heterocycles. The van der Waals surface area contributed by atoms with Gasteiger partial charge in [0.15, 0.2) is 6.04 Å². The minimum Gasteiger partial charge on any atom is -0.480 e. The van der Waals surface area contributed by atoms with Crippen LogP contribution in [0.3, 0.4) is 0 Å². The quantitative estimate of drug-likeness (QED) is 0.179. The summed E-state index contributed by atoms with van der Waals surface area (Å²) in [4.78, 5) is 65.3. The summed E-state index contributed by atoms with van der Waals surface area (Å²) in [6, 6.07) is -4.46. The number of aromatic amines is 2. The molecule has 0 aliphatic carbocycles.